The minimum Gasteiger partial charge on any atom is -0.481 e. The number of carbonyl (C=O) groups excluding carboxylic acids is 1. The normalized spacial score (nSPS) is 24.5. The summed E-state index contributed by atoms with van der Waals surface area (Å²) in [4.78, 5) is 22.2. The highest BCUT2D eigenvalue weighted by Gasteiger charge is 2.42. The van der Waals surface area contributed by atoms with Crippen molar-refractivity contribution in [2.24, 2.45) is 5.92 Å². The van der Waals surface area contributed by atoms with Gasteiger partial charge in [0.1, 0.15) is 0 Å². The molecule has 14 heavy (non-hydrogen) atoms. The van der Waals surface area contributed by atoms with Crippen LogP contribution in [0.4, 0.5) is 0 Å². The Morgan fingerprint density at radius 3 is 2.43 bits per heavy atom. The lowest BCUT2D eigenvalue weighted by Crippen LogP contribution is -2.39. The number of nitrogens with one attached hydrogen (secondary N) is 1. The van der Waals surface area contributed by atoms with E-state index < -0.39 is 14.0 Å². The average molecular weight is 215 g/mol. The molecule has 80 valence electrons. The van der Waals surface area contributed by atoms with E-state index in [0.29, 0.717) is 13.0 Å². The molecule has 0 aliphatic carbocycles. The van der Waals surface area contributed by atoms with Gasteiger partial charge in [-0.15, -0.1) is 0 Å². The van der Waals surface area contributed by atoms with Gasteiger partial charge in [-0.3, -0.25) is 9.59 Å². The van der Waals surface area contributed by atoms with Gasteiger partial charge in [0, 0.05) is 13.0 Å². The van der Waals surface area contributed by atoms with E-state index in [2.05, 4.69) is 5.32 Å². The topological polar surface area (TPSA) is 66.4 Å². The smallest absolute Gasteiger partial charge is 0.304 e. The Hall–Kier alpha value is -0.843. The molecule has 1 aliphatic rings. The minimum atomic E-state index is -1.74. The van der Waals surface area contributed by atoms with Crippen LogP contribution in [-0.2, 0) is 9.59 Å². The third-order valence-electron chi connectivity index (χ3n) is 2.68. The van der Waals surface area contributed by atoms with Crippen LogP contribution in [0.25, 0.3) is 0 Å². The highest BCUT2D eigenvalue weighted by molar-refractivity contribution is 6.80. The highest BCUT2D eigenvalue weighted by atomic mass is 28.3. The molecule has 0 bridgehead atoms. The molecule has 2 unspecified atom stereocenters. The van der Waals surface area contributed by atoms with Crippen molar-refractivity contribution < 1.29 is 14.7 Å². The van der Waals surface area contributed by atoms with E-state index in [1.54, 1.807) is 0 Å². The molecule has 1 amide bonds. The lowest BCUT2D eigenvalue weighted by atomic mass is 10.0. The molecule has 0 aromatic rings. The molecule has 2 atom stereocenters. The van der Waals surface area contributed by atoms with E-state index in [9.17, 15) is 9.59 Å². The van der Waals surface area contributed by atoms with Gasteiger partial charge < -0.3 is 10.4 Å². The van der Waals surface area contributed by atoms with Crippen molar-refractivity contribution in [2.75, 3.05) is 6.54 Å². The summed E-state index contributed by atoms with van der Waals surface area (Å²) in [6.07, 6.45) is 0.376. The standard InChI is InChI=1S/C9H17NO3Si/c1-14(2,3)8(9(12)13)6-4-7(11)10-5-6/h6,8H,4-5H2,1-3H3,(H,10,11)(H,12,13). The molecule has 0 radical (unpaired) electrons. The second kappa shape index (κ2) is 3.72. The maximum atomic E-state index is 11.1. The summed E-state index contributed by atoms with van der Waals surface area (Å²) < 4.78 is 0. The Bertz CT molecular complexity index is 259. The molecule has 1 rings (SSSR count). The number of hydrogen-bond acceptors (Lipinski definition) is 2. The number of amides is 1. The second-order valence-corrected chi connectivity index (χ2v) is 10.3. The van der Waals surface area contributed by atoms with Gasteiger partial charge in [0.05, 0.1) is 13.6 Å². The van der Waals surface area contributed by atoms with Crippen LogP contribution in [-0.4, -0.2) is 31.6 Å². The molecule has 1 fully saturated rings. The highest BCUT2D eigenvalue weighted by Crippen LogP contribution is 2.34. The zero-order valence-corrected chi connectivity index (χ0v) is 9.83. The molecule has 0 spiro atoms. The van der Waals surface area contributed by atoms with Crippen molar-refractivity contribution in [1.82, 2.24) is 5.32 Å². The lowest BCUT2D eigenvalue weighted by molar-refractivity contribution is -0.138. The van der Waals surface area contributed by atoms with Gasteiger partial charge in [0.25, 0.3) is 0 Å². The fraction of sp³-hybridized carbons (Fsp3) is 0.778. The van der Waals surface area contributed by atoms with Crippen molar-refractivity contribution in [3.05, 3.63) is 0 Å². The summed E-state index contributed by atoms with van der Waals surface area (Å²) in [6.45, 7) is 6.64. The summed E-state index contributed by atoms with van der Waals surface area (Å²) in [5.74, 6) is -0.767. The lowest BCUT2D eigenvalue weighted by Gasteiger charge is -2.29. The van der Waals surface area contributed by atoms with Gasteiger partial charge in [-0.25, -0.2) is 0 Å². The van der Waals surface area contributed by atoms with Crippen LogP contribution in [0.15, 0.2) is 0 Å². The summed E-state index contributed by atoms with van der Waals surface area (Å²) in [5, 5.41) is 11.8. The molecule has 1 saturated heterocycles. The molecule has 4 nitrogen and oxygen atoms in total. The predicted molar refractivity (Wildman–Crippen MR) is 55.8 cm³/mol. The fourth-order valence-electron chi connectivity index (χ4n) is 2.14. The van der Waals surface area contributed by atoms with E-state index in [-0.39, 0.29) is 17.4 Å². The van der Waals surface area contributed by atoms with Gasteiger partial charge in [-0.05, 0) is 5.92 Å². The number of carboxylic acid groups (broad SMARTS) is 1. The van der Waals surface area contributed by atoms with Crippen LogP contribution in [0.5, 0.6) is 0 Å². The maximum Gasteiger partial charge on any atom is 0.304 e. The van der Waals surface area contributed by atoms with Gasteiger partial charge in [0.2, 0.25) is 5.91 Å². The van der Waals surface area contributed by atoms with E-state index in [1.165, 1.54) is 0 Å². The molecule has 1 heterocycles. The van der Waals surface area contributed by atoms with E-state index in [1.807, 2.05) is 19.6 Å². The Morgan fingerprint density at radius 1 is 1.57 bits per heavy atom. The first kappa shape index (κ1) is 11.2. The van der Waals surface area contributed by atoms with Gasteiger partial charge >= 0.3 is 5.97 Å². The van der Waals surface area contributed by atoms with Crippen molar-refractivity contribution in [3.8, 4) is 0 Å². The average Bonchev–Trinajstić information content (AvgIpc) is 2.31. The summed E-state index contributed by atoms with van der Waals surface area (Å²) in [5.41, 5.74) is -0.318. The van der Waals surface area contributed by atoms with Crippen molar-refractivity contribution in [2.45, 2.75) is 31.6 Å². The van der Waals surface area contributed by atoms with Crippen molar-refractivity contribution in [3.63, 3.8) is 0 Å². The Kier molecular flexibility index (Phi) is 2.99. The quantitative estimate of drug-likeness (QED) is 0.688. The van der Waals surface area contributed by atoms with Crippen LogP contribution in [0.2, 0.25) is 25.2 Å². The number of carbonyl (C=O) groups is 2. The van der Waals surface area contributed by atoms with E-state index in [0.717, 1.165) is 0 Å². The SMILES string of the molecule is C[Si](C)(C)C(C(=O)O)C1CNC(=O)C1. The molecule has 0 saturated carbocycles. The number of hydrogen-bond donors (Lipinski definition) is 2. The van der Waals surface area contributed by atoms with Crippen LogP contribution in [0, 0.1) is 5.92 Å². The molecule has 1 aliphatic heterocycles. The van der Waals surface area contributed by atoms with Gasteiger partial charge in [0.15, 0.2) is 0 Å². The van der Waals surface area contributed by atoms with Crippen LogP contribution in [0.3, 0.4) is 0 Å². The molecule has 5 heteroatoms. The van der Waals surface area contributed by atoms with Crippen LogP contribution < -0.4 is 5.32 Å². The van der Waals surface area contributed by atoms with Crippen molar-refractivity contribution in [1.29, 1.82) is 0 Å². The summed E-state index contributed by atoms with van der Waals surface area (Å²) in [7, 11) is -1.74. The zero-order chi connectivity index (χ0) is 10.9. The molecule has 2 N–H and O–H groups in total. The molecule has 0 aromatic carbocycles. The van der Waals surface area contributed by atoms with Crippen LogP contribution >= 0.6 is 0 Å². The summed E-state index contributed by atoms with van der Waals surface area (Å²) >= 11 is 0. The fourth-order valence-corrected chi connectivity index (χ4v) is 4.53. The second-order valence-electron chi connectivity index (χ2n) is 4.95. The van der Waals surface area contributed by atoms with E-state index in [4.69, 9.17) is 5.11 Å². The zero-order valence-electron chi connectivity index (χ0n) is 8.83. The number of carboxylic acids is 1. The van der Waals surface area contributed by atoms with Crippen LogP contribution in [0.1, 0.15) is 6.42 Å². The first-order valence-corrected chi connectivity index (χ1v) is 8.39. The Balaban J connectivity index is 2.79. The maximum absolute atomic E-state index is 11.1. The Labute approximate surface area is 84.7 Å². The largest absolute Gasteiger partial charge is 0.481 e. The number of aliphatic carboxylic acids is 1. The first-order chi connectivity index (χ1) is 6.32. The third-order valence-corrected chi connectivity index (χ3v) is 5.26. The Morgan fingerprint density at radius 2 is 2.14 bits per heavy atom. The number of rotatable bonds is 3. The minimum absolute atomic E-state index is 0.00772. The monoisotopic (exact) mass is 215 g/mol. The van der Waals surface area contributed by atoms with Gasteiger partial charge in [-0.2, -0.15) is 0 Å². The molecular formula is C9H17NO3Si. The molecular weight excluding hydrogens is 198 g/mol. The molecule has 0 aromatic heterocycles. The predicted octanol–water partition coefficient (Wildman–Crippen LogP) is 0.915. The van der Waals surface area contributed by atoms with E-state index >= 15 is 0 Å². The first-order valence-electron chi connectivity index (χ1n) is 4.82. The van der Waals surface area contributed by atoms with Crippen molar-refractivity contribution >= 4 is 20.0 Å². The third kappa shape index (κ3) is 2.34. The van der Waals surface area contributed by atoms with Gasteiger partial charge in [-0.1, -0.05) is 19.6 Å². The summed E-state index contributed by atoms with van der Waals surface area (Å²) in [6, 6.07) is 0.